The molecule has 8 heteroatoms. The number of fused-ring (bicyclic) bond motifs is 1. The molecule has 7 nitrogen and oxygen atoms in total. The predicted molar refractivity (Wildman–Crippen MR) is 91.4 cm³/mol. The summed E-state index contributed by atoms with van der Waals surface area (Å²) in [6.07, 6.45) is 0. The molecule has 130 valence electrons. The molecule has 2 heterocycles. The second-order valence-electron chi connectivity index (χ2n) is 6.31. The van der Waals surface area contributed by atoms with Gasteiger partial charge in [0.25, 0.3) is 10.0 Å². The van der Waals surface area contributed by atoms with Gasteiger partial charge in [0, 0.05) is 37.8 Å². The molecule has 0 spiro atoms. The van der Waals surface area contributed by atoms with Crippen LogP contribution in [0.25, 0.3) is 0 Å². The normalized spacial score (nSPS) is 25.1. The Morgan fingerprint density at radius 3 is 2.83 bits per heavy atom. The molecule has 2 aliphatic heterocycles. The Balaban J connectivity index is 1.79. The number of hydrogen-bond acceptors (Lipinski definition) is 5. The summed E-state index contributed by atoms with van der Waals surface area (Å²) in [5.74, 6) is 0.303. The summed E-state index contributed by atoms with van der Waals surface area (Å²) in [7, 11) is -1.97. The van der Waals surface area contributed by atoms with Crippen LogP contribution in [0.4, 0.5) is 0 Å². The number of carbonyl (C=O) groups excluding carboxylic acids is 1. The number of amidine groups is 1. The highest BCUT2D eigenvalue weighted by molar-refractivity contribution is 7.90. The van der Waals surface area contributed by atoms with Crippen molar-refractivity contribution < 1.29 is 13.2 Å². The zero-order chi connectivity index (χ0) is 17.5. The fourth-order valence-electron chi connectivity index (χ4n) is 3.14. The van der Waals surface area contributed by atoms with Crippen LogP contribution in [0.2, 0.25) is 0 Å². The molecule has 0 aromatic heterocycles. The number of benzene rings is 1. The first-order chi connectivity index (χ1) is 11.3. The van der Waals surface area contributed by atoms with Crippen molar-refractivity contribution in [1.29, 1.82) is 0 Å². The summed E-state index contributed by atoms with van der Waals surface area (Å²) in [6, 6.07) is 7.03. The third-order valence-corrected chi connectivity index (χ3v) is 6.03. The summed E-state index contributed by atoms with van der Waals surface area (Å²) in [6.45, 7) is 5.58. The average molecular weight is 350 g/mol. The van der Waals surface area contributed by atoms with Crippen molar-refractivity contribution in [2.75, 3.05) is 26.7 Å². The molecule has 0 aliphatic carbocycles. The summed E-state index contributed by atoms with van der Waals surface area (Å²) in [5.41, 5.74) is 0.550. The van der Waals surface area contributed by atoms with E-state index in [9.17, 15) is 13.2 Å². The molecular formula is C16H22N4O3S. The molecule has 2 atom stereocenters. The van der Waals surface area contributed by atoms with Crippen LogP contribution < -0.4 is 5.32 Å². The molecule has 3 rings (SSSR count). The summed E-state index contributed by atoms with van der Waals surface area (Å²) in [4.78, 5) is 16.3. The zero-order valence-corrected chi connectivity index (χ0v) is 14.9. The van der Waals surface area contributed by atoms with E-state index in [0.717, 1.165) is 6.54 Å². The van der Waals surface area contributed by atoms with E-state index >= 15 is 0 Å². The van der Waals surface area contributed by atoms with Gasteiger partial charge in [-0.15, -0.1) is 4.40 Å². The lowest BCUT2D eigenvalue weighted by atomic mass is 10.1. The molecule has 2 unspecified atom stereocenters. The highest BCUT2D eigenvalue weighted by atomic mass is 32.2. The van der Waals surface area contributed by atoms with Crippen LogP contribution in [-0.2, 0) is 14.8 Å². The first-order valence-electron chi connectivity index (χ1n) is 7.99. The Morgan fingerprint density at radius 1 is 1.38 bits per heavy atom. The van der Waals surface area contributed by atoms with Gasteiger partial charge in [0.05, 0.1) is 6.54 Å². The third-order valence-electron chi connectivity index (χ3n) is 4.70. The van der Waals surface area contributed by atoms with E-state index in [1.54, 1.807) is 30.1 Å². The largest absolute Gasteiger partial charge is 0.349 e. The lowest BCUT2D eigenvalue weighted by Crippen LogP contribution is -2.58. The van der Waals surface area contributed by atoms with Crippen molar-refractivity contribution in [2.45, 2.75) is 30.8 Å². The van der Waals surface area contributed by atoms with Crippen LogP contribution in [0.5, 0.6) is 0 Å². The minimum Gasteiger partial charge on any atom is -0.349 e. The quantitative estimate of drug-likeness (QED) is 0.828. The molecule has 0 radical (unpaired) electrons. The summed E-state index contributed by atoms with van der Waals surface area (Å²) >= 11 is 0. The molecule has 1 saturated heterocycles. The smallest absolute Gasteiger partial charge is 0.285 e. The van der Waals surface area contributed by atoms with E-state index < -0.39 is 10.0 Å². The maximum absolute atomic E-state index is 12.6. The van der Waals surface area contributed by atoms with Crippen LogP contribution in [0, 0.1) is 0 Å². The van der Waals surface area contributed by atoms with Crippen LogP contribution >= 0.6 is 0 Å². The molecule has 2 aliphatic rings. The molecule has 24 heavy (non-hydrogen) atoms. The van der Waals surface area contributed by atoms with Gasteiger partial charge in [-0.25, -0.2) is 0 Å². The van der Waals surface area contributed by atoms with E-state index in [1.807, 2.05) is 11.8 Å². The first-order valence-corrected chi connectivity index (χ1v) is 9.43. The number of nitrogens with zero attached hydrogens (tertiary/aromatic N) is 3. The van der Waals surface area contributed by atoms with Gasteiger partial charge in [-0.05, 0) is 26.0 Å². The number of nitrogens with one attached hydrogen (secondary N) is 1. The Labute approximate surface area is 142 Å². The predicted octanol–water partition coefficient (Wildman–Crippen LogP) is 0.276. The molecule has 1 N–H and O–H groups in total. The summed E-state index contributed by atoms with van der Waals surface area (Å²) < 4.78 is 28.1. The second kappa shape index (κ2) is 6.18. The van der Waals surface area contributed by atoms with Gasteiger partial charge in [-0.3, -0.25) is 4.79 Å². The van der Waals surface area contributed by atoms with Gasteiger partial charge in [0.2, 0.25) is 5.91 Å². The Hall–Kier alpha value is -1.93. The highest BCUT2D eigenvalue weighted by Gasteiger charge is 2.33. The minimum atomic E-state index is -3.67. The van der Waals surface area contributed by atoms with Crippen molar-refractivity contribution in [2.24, 2.45) is 4.40 Å². The van der Waals surface area contributed by atoms with Crippen molar-refractivity contribution >= 4 is 21.8 Å². The van der Waals surface area contributed by atoms with Crippen molar-refractivity contribution in [3.63, 3.8) is 0 Å². The van der Waals surface area contributed by atoms with E-state index in [2.05, 4.69) is 16.6 Å². The minimum absolute atomic E-state index is 0.0252. The van der Waals surface area contributed by atoms with Gasteiger partial charge in [0.1, 0.15) is 4.90 Å². The SMILES string of the molecule is CC1NCCN(C(=O)CN(C)C2=NS(=O)(=O)c3ccccc32)C1C. The van der Waals surface area contributed by atoms with Crippen molar-refractivity contribution in [3.8, 4) is 0 Å². The second-order valence-corrected chi connectivity index (χ2v) is 7.89. The van der Waals surface area contributed by atoms with Gasteiger partial charge in [0.15, 0.2) is 5.84 Å². The fraction of sp³-hybridized carbons (Fsp3) is 0.500. The maximum atomic E-state index is 12.6. The Morgan fingerprint density at radius 2 is 2.08 bits per heavy atom. The molecule has 1 amide bonds. The van der Waals surface area contributed by atoms with E-state index in [4.69, 9.17) is 0 Å². The van der Waals surface area contributed by atoms with E-state index in [1.165, 1.54) is 6.07 Å². The molecule has 1 aromatic carbocycles. The van der Waals surface area contributed by atoms with Crippen molar-refractivity contribution in [1.82, 2.24) is 15.1 Å². The highest BCUT2D eigenvalue weighted by Crippen LogP contribution is 2.27. The molecule has 1 aromatic rings. The zero-order valence-electron chi connectivity index (χ0n) is 14.1. The van der Waals surface area contributed by atoms with Gasteiger partial charge >= 0.3 is 0 Å². The molecule has 0 bridgehead atoms. The van der Waals surface area contributed by atoms with Crippen molar-refractivity contribution in [3.05, 3.63) is 29.8 Å². The van der Waals surface area contributed by atoms with Crippen LogP contribution in [-0.4, -0.2) is 68.7 Å². The molecule has 0 saturated carbocycles. The van der Waals surface area contributed by atoms with Crippen LogP contribution in [0.3, 0.4) is 0 Å². The summed E-state index contributed by atoms with van der Waals surface area (Å²) in [5, 5.41) is 3.34. The van der Waals surface area contributed by atoms with Crippen LogP contribution in [0.1, 0.15) is 19.4 Å². The number of hydrogen-bond donors (Lipinski definition) is 1. The Bertz CT molecular complexity index is 790. The maximum Gasteiger partial charge on any atom is 0.285 e. The number of likely N-dealkylation sites (N-methyl/N-ethyl adjacent to an activating group) is 1. The fourth-order valence-corrected chi connectivity index (χ4v) is 4.39. The average Bonchev–Trinajstić information content (AvgIpc) is 2.82. The van der Waals surface area contributed by atoms with E-state index in [-0.39, 0.29) is 29.4 Å². The van der Waals surface area contributed by atoms with Gasteiger partial charge in [-0.1, -0.05) is 12.1 Å². The number of amides is 1. The lowest BCUT2D eigenvalue weighted by molar-refractivity contribution is -0.135. The monoisotopic (exact) mass is 350 g/mol. The van der Waals surface area contributed by atoms with Crippen LogP contribution in [0.15, 0.2) is 33.6 Å². The van der Waals surface area contributed by atoms with Gasteiger partial charge in [-0.2, -0.15) is 8.42 Å². The standard InChI is InChI=1S/C16H22N4O3S/c1-11-12(2)20(9-8-17-11)15(21)10-19(3)16-13-6-4-5-7-14(13)24(22,23)18-16/h4-7,11-12,17H,8-10H2,1-3H3. The number of carbonyl (C=O) groups is 1. The first kappa shape index (κ1) is 16.9. The topological polar surface area (TPSA) is 82.1 Å². The number of piperazine rings is 1. The number of sulfonamides is 1. The lowest BCUT2D eigenvalue weighted by Gasteiger charge is -2.39. The Kier molecular flexibility index (Phi) is 4.35. The third kappa shape index (κ3) is 2.91. The molecular weight excluding hydrogens is 328 g/mol. The number of rotatable bonds is 2. The molecule has 1 fully saturated rings. The van der Waals surface area contributed by atoms with Gasteiger partial charge < -0.3 is 15.1 Å². The van der Waals surface area contributed by atoms with E-state index in [0.29, 0.717) is 17.9 Å².